The van der Waals surface area contributed by atoms with E-state index in [0.717, 1.165) is 0 Å². The first kappa shape index (κ1) is 36.1. The van der Waals surface area contributed by atoms with Crippen LogP contribution in [0.25, 0.3) is 0 Å². The minimum Gasteiger partial charge on any atom is -0.493 e. The number of aromatic carboxylic acids is 3. The molecule has 0 amide bonds. The monoisotopic (exact) mass is 721 g/mol. The van der Waals surface area contributed by atoms with E-state index in [1.54, 1.807) is 36.4 Å². The molecule has 0 fully saturated rings. The molecule has 0 aliphatic carbocycles. The minimum atomic E-state index is -1.03. The van der Waals surface area contributed by atoms with E-state index in [2.05, 4.69) is 0 Å². The summed E-state index contributed by atoms with van der Waals surface area (Å²) in [5.41, 5.74) is 0.297. The number of hydrogen-bond donors (Lipinski definition) is 3. The molecular formula is C27H30LuO12. The standard InChI is InChI=1S/3C9H10O4.Lu/c3*1-12-7-5-3-4-6(9(10)11)8(7)13-2;/h3*3-5H,1-2H3,(H,10,11);. The molecule has 225 valence electrons. The van der Waals surface area contributed by atoms with Crippen molar-refractivity contribution in [2.45, 2.75) is 0 Å². The van der Waals surface area contributed by atoms with Crippen LogP contribution in [0.4, 0.5) is 0 Å². The maximum Gasteiger partial charge on any atom is 0.339 e. The van der Waals surface area contributed by atoms with Crippen molar-refractivity contribution in [1.29, 1.82) is 0 Å². The fraction of sp³-hybridized carbons (Fsp3) is 0.222. The number of benzene rings is 3. The van der Waals surface area contributed by atoms with E-state index in [1.165, 1.54) is 60.9 Å². The first-order chi connectivity index (χ1) is 18.6. The molecule has 0 bridgehead atoms. The predicted molar refractivity (Wildman–Crippen MR) is 140 cm³/mol. The van der Waals surface area contributed by atoms with Gasteiger partial charge in [-0.05, 0) is 36.4 Å². The first-order valence-electron chi connectivity index (χ1n) is 10.9. The van der Waals surface area contributed by atoms with Gasteiger partial charge in [-0.25, -0.2) is 14.4 Å². The molecule has 3 N–H and O–H groups in total. The normalized spacial score (nSPS) is 9.15. The van der Waals surface area contributed by atoms with Gasteiger partial charge in [-0.3, -0.25) is 0 Å². The van der Waals surface area contributed by atoms with Crippen LogP contribution in [0.5, 0.6) is 34.5 Å². The maximum absolute atomic E-state index is 10.7. The molecule has 0 heterocycles. The van der Waals surface area contributed by atoms with E-state index < -0.39 is 17.9 Å². The third kappa shape index (κ3) is 9.69. The van der Waals surface area contributed by atoms with E-state index in [4.69, 9.17) is 43.7 Å². The Morgan fingerprint density at radius 2 is 0.675 bits per heavy atom. The molecule has 3 rings (SSSR count). The van der Waals surface area contributed by atoms with Gasteiger partial charge in [0.2, 0.25) is 0 Å². The van der Waals surface area contributed by atoms with Crippen LogP contribution >= 0.6 is 0 Å². The second kappa shape index (κ2) is 18.4. The molecule has 0 atom stereocenters. The zero-order valence-corrected chi connectivity index (χ0v) is 24.1. The molecule has 0 aliphatic heterocycles. The third-order valence-corrected chi connectivity index (χ3v) is 4.90. The van der Waals surface area contributed by atoms with Crippen molar-refractivity contribution in [3.05, 3.63) is 71.3 Å². The molecule has 0 aliphatic rings. The topological polar surface area (TPSA) is 167 Å². The summed E-state index contributed by atoms with van der Waals surface area (Å²) in [5.74, 6) is -1.10. The summed E-state index contributed by atoms with van der Waals surface area (Å²) < 4.78 is 29.6. The second-order valence-corrected chi connectivity index (χ2v) is 7.04. The third-order valence-electron chi connectivity index (χ3n) is 4.90. The number of methoxy groups -OCH3 is 6. The summed E-state index contributed by atoms with van der Waals surface area (Å²) in [7, 11) is 8.61. The second-order valence-electron chi connectivity index (χ2n) is 7.04. The van der Waals surface area contributed by atoms with Crippen LogP contribution in [0.3, 0.4) is 0 Å². The Labute approximate surface area is 260 Å². The van der Waals surface area contributed by atoms with Gasteiger partial charge >= 0.3 is 17.9 Å². The Hall–Kier alpha value is -3.90. The van der Waals surface area contributed by atoms with Crippen molar-refractivity contribution in [1.82, 2.24) is 0 Å². The van der Waals surface area contributed by atoms with Gasteiger partial charge in [0.15, 0.2) is 34.5 Å². The molecule has 0 unspecified atom stereocenters. The van der Waals surface area contributed by atoms with Crippen molar-refractivity contribution in [3.8, 4) is 34.5 Å². The minimum absolute atomic E-state index is 0. The Kier molecular flexibility index (Phi) is 16.6. The van der Waals surface area contributed by atoms with Gasteiger partial charge in [0, 0.05) is 36.9 Å². The van der Waals surface area contributed by atoms with Gasteiger partial charge in [0.05, 0.1) is 42.7 Å². The van der Waals surface area contributed by atoms with Gasteiger partial charge in [-0.1, -0.05) is 18.2 Å². The number of ether oxygens (including phenoxy) is 6. The molecular weight excluding hydrogens is 691 g/mol. The van der Waals surface area contributed by atoms with Crippen molar-refractivity contribution >= 4 is 17.9 Å². The smallest absolute Gasteiger partial charge is 0.339 e. The van der Waals surface area contributed by atoms with E-state index in [-0.39, 0.29) is 70.8 Å². The molecule has 12 nitrogen and oxygen atoms in total. The Bertz CT molecular complexity index is 1120. The molecule has 0 saturated carbocycles. The summed E-state index contributed by atoms with van der Waals surface area (Å²) in [6, 6.07) is 14.1. The Balaban J connectivity index is 0.000000563. The Morgan fingerprint density at radius 1 is 0.450 bits per heavy atom. The van der Waals surface area contributed by atoms with E-state index in [0.29, 0.717) is 17.2 Å². The fourth-order valence-electron chi connectivity index (χ4n) is 3.17. The maximum atomic E-state index is 10.7. The largest absolute Gasteiger partial charge is 0.493 e. The van der Waals surface area contributed by atoms with Gasteiger partial charge in [0.1, 0.15) is 16.7 Å². The van der Waals surface area contributed by atoms with Crippen LogP contribution in [0.2, 0.25) is 0 Å². The van der Waals surface area contributed by atoms with Crippen LogP contribution < -0.4 is 28.4 Å². The molecule has 3 aromatic rings. The Morgan fingerprint density at radius 3 is 0.825 bits per heavy atom. The van der Waals surface area contributed by atoms with E-state index in [9.17, 15) is 14.4 Å². The quantitative estimate of drug-likeness (QED) is 0.289. The predicted octanol–water partition coefficient (Wildman–Crippen LogP) is 4.21. The van der Waals surface area contributed by atoms with Crippen LogP contribution in [0, 0.1) is 36.9 Å². The number of carboxylic acids is 3. The molecule has 0 spiro atoms. The van der Waals surface area contributed by atoms with Gasteiger partial charge in [-0.2, -0.15) is 0 Å². The van der Waals surface area contributed by atoms with Gasteiger partial charge < -0.3 is 43.7 Å². The van der Waals surface area contributed by atoms with Crippen LogP contribution in [0.15, 0.2) is 54.6 Å². The SMILES string of the molecule is COc1cccc(C(=O)O)c1OC.COc1cccc(C(=O)O)c1OC.COc1cccc(C(=O)O)c1OC.[Lu]. The zero-order valence-electron chi connectivity index (χ0n) is 22.5. The first-order valence-corrected chi connectivity index (χ1v) is 10.9. The zero-order chi connectivity index (χ0) is 29.5. The number of para-hydroxylation sites is 3. The van der Waals surface area contributed by atoms with Gasteiger partial charge in [-0.15, -0.1) is 0 Å². The van der Waals surface area contributed by atoms with Crippen LogP contribution in [-0.4, -0.2) is 75.9 Å². The van der Waals surface area contributed by atoms with Gasteiger partial charge in [0.25, 0.3) is 0 Å². The van der Waals surface area contributed by atoms with Crippen molar-refractivity contribution in [2.24, 2.45) is 0 Å². The van der Waals surface area contributed by atoms with Crippen LogP contribution in [0.1, 0.15) is 31.1 Å². The van der Waals surface area contributed by atoms with Crippen LogP contribution in [-0.2, 0) is 0 Å². The van der Waals surface area contributed by atoms with Crippen molar-refractivity contribution in [2.75, 3.05) is 42.7 Å². The average molecular weight is 721 g/mol. The molecule has 40 heavy (non-hydrogen) atoms. The number of rotatable bonds is 9. The van der Waals surface area contributed by atoms with E-state index in [1.807, 2.05) is 0 Å². The number of carboxylic acid groups (broad SMARTS) is 3. The van der Waals surface area contributed by atoms with Crippen molar-refractivity contribution < 1.29 is 95.0 Å². The summed E-state index contributed by atoms with van der Waals surface area (Å²) >= 11 is 0. The molecule has 0 aromatic heterocycles. The number of hydrogen-bond acceptors (Lipinski definition) is 9. The summed E-state index contributed by atoms with van der Waals surface area (Å²) in [6.45, 7) is 0. The molecule has 1 radical (unpaired) electrons. The fourth-order valence-corrected chi connectivity index (χ4v) is 3.17. The van der Waals surface area contributed by atoms with E-state index >= 15 is 0 Å². The average Bonchev–Trinajstić information content (AvgIpc) is 2.95. The summed E-state index contributed by atoms with van der Waals surface area (Å²) in [4.78, 5) is 32.1. The molecule has 3 aromatic carbocycles. The molecule has 13 heteroatoms. The van der Waals surface area contributed by atoms with Crippen molar-refractivity contribution in [3.63, 3.8) is 0 Å². The number of carbonyl (C=O) groups is 3. The summed E-state index contributed by atoms with van der Waals surface area (Å²) in [6.07, 6.45) is 0. The molecule has 0 saturated heterocycles. The summed E-state index contributed by atoms with van der Waals surface area (Å²) in [5, 5.41) is 26.3.